The molecule has 0 aromatic carbocycles. The van der Waals surface area contributed by atoms with E-state index >= 15 is 0 Å². The molecule has 0 aromatic rings. The number of hydrogen-bond donors (Lipinski definition) is 0. The van der Waals surface area contributed by atoms with Crippen LogP contribution in [-0.2, 0) is 9.53 Å². The van der Waals surface area contributed by atoms with Crippen molar-refractivity contribution in [3.63, 3.8) is 0 Å². The number of esters is 1. The SMILES string of the molecule is CCOC(=O)/C(C)=C/C=C\Br. The maximum Gasteiger partial charge on any atom is 0.333 e. The molecule has 3 heteroatoms. The average Bonchev–Trinajstić information content (AvgIpc) is 2.00. The Kier molecular flexibility index (Phi) is 5.84. The second-order valence-electron chi connectivity index (χ2n) is 1.89. The lowest BCUT2D eigenvalue weighted by Gasteiger charge is -1.98. The molecule has 0 aliphatic carbocycles. The number of ether oxygens (including phenoxy) is 1. The van der Waals surface area contributed by atoms with Gasteiger partial charge in [-0.1, -0.05) is 28.1 Å². The molecule has 0 spiro atoms. The highest BCUT2D eigenvalue weighted by Crippen LogP contribution is 1.97. The summed E-state index contributed by atoms with van der Waals surface area (Å²) < 4.78 is 4.74. The topological polar surface area (TPSA) is 26.3 Å². The van der Waals surface area contributed by atoms with Crippen LogP contribution in [0.3, 0.4) is 0 Å². The number of rotatable bonds is 3. The summed E-state index contributed by atoms with van der Waals surface area (Å²) >= 11 is 3.09. The Balaban J connectivity index is 4.00. The van der Waals surface area contributed by atoms with Crippen LogP contribution in [0.25, 0.3) is 0 Å². The molecular formula is C8H11BrO2. The summed E-state index contributed by atoms with van der Waals surface area (Å²) in [6.07, 6.45) is 3.42. The molecule has 0 heterocycles. The fourth-order valence-corrected chi connectivity index (χ4v) is 0.646. The highest BCUT2D eigenvalue weighted by molar-refractivity contribution is 9.11. The monoisotopic (exact) mass is 218 g/mol. The summed E-state index contributed by atoms with van der Waals surface area (Å²) in [4.78, 5) is 12.6. The zero-order valence-electron chi connectivity index (χ0n) is 6.63. The van der Waals surface area contributed by atoms with Crippen LogP contribution >= 0.6 is 15.9 Å². The Morgan fingerprint density at radius 1 is 1.64 bits per heavy atom. The summed E-state index contributed by atoms with van der Waals surface area (Å²) in [5.41, 5.74) is 0.600. The van der Waals surface area contributed by atoms with Crippen LogP contribution in [0, 0.1) is 0 Å². The Labute approximate surface area is 75.1 Å². The molecule has 0 N–H and O–H groups in total. The molecule has 0 aliphatic heterocycles. The second kappa shape index (κ2) is 6.16. The lowest BCUT2D eigenvalue weighted by molar-refractivity contribution is -0.138. The maximum atomic E-state index is 10.9. The maximum absolute atomic E-state index is 10.9. The number of halogens is 1. The number of carbonyl (C=O) groups is 1. The predicted octanol–water partition coefficient (Wildman–Crippen LogP) is 2.40. The molecule has 0 saturated carbocycles. The van der Waals surface area contributed by atoms with Gasteiger partial charge in [0.05, 0.1) is 6.61 Å². The van der Waals surface area contributed by atoms with Gasteiger partial charge in [-0.2, -0.15) is 0 Å². The summed E-state index contributed by atoms with van der Waals surface area (Å²) in [6, 6.07) is 0. The van der Waals surface area contributed by atoms with Crippen LogP contribution in [0.2, 0.25) is 0 Å². The number of hydrogen-bond acceptors (Lipinski definition) is 2. The Morgan fingerprint density at radius 3 is 2.73 bits per heavy atom. The lowest BCUT2D eigenvalue weighted by atomic mass is 10.3. The van der Waals surface area contributed by atoms with Crippen molar-refractivity contribution in [2.45, 2.75) is 13.8 Å². The average molecular weight is 219 g/mol. The molecule has 11 heavy (non-hydrogen) atoms. The molecule has 0 unspecified atom stereocenters. The van der Waals surface area contributed by atoms with Crippen LogP contribution < -0.4 is 0 Å². The van der Waals surface area contributed by atoms with Gasteiger partial charge in [-0.25, -0.2) is 4.79 Å². The van der Waals surface area contributed by atoms with Crippen molar-refractivity contribution in [1.82, 2.24) is 0 Å². The fraction of sp³-hybridized carbons (Fsp3) is 0.375. The third kappa shape index (κ3) is 4.79. The van der Waals surface area contributed by atoms with Crippen LogP contribution in [0.1, 0.15) is 13.8 Å². The highest BCUT2D eigenvalue weighted by atomic mass is 79.9. The van der Waals surface area contributed by atoms with Gasteiger partial charge >= 0.3 is 5.97 Å². The zero-order valence-corrected chi connectivity index (χ0v) is 8.22. The van der Waals surface area contributed by atoms with Gasteiger partial charge in [0.1, 0.15) is 0 Å². The van der Waals surface area contributed by atoms with Gasteiger partial charge in [-0.15, -0.1) is 0 Å². The van der Waals surface area contributed by atoms with E-state index in [4.69, 9.17) is 4.74 Å². The van der Waals surface area contributed by atoms with Crippen LogP contribution in [0.5, 0.6) is 0 Å². The fourth-order valence-electron chi connectivity index (χ4n) is 0.494. The van der Waals surface area contributed by atoms with Crippen molar-refractivity contribution in [2.24, 2.45) is 0 Å². The molecule has 2 nitrogen and oxygen atoms in total. The minimum absolute atomic E-state index is 0.266. The molecule has 0 bridgehead atoms. The van der Waals surface area contributed by atoms with Gasteiger partial charge in [0.25, 0.3) is 0 Å². The smallest absolute Gasteiger partial charge is 0.333 e. The van der Waals surface area contributed by atoms with E-state index in [0.717, 1.165) is 0 Å². The van der Waals surface area contributed by atoms with E-state index in [1.54, 1.807) is 31.0 Å². The van der Waals surface area contributed by atoms with E-state index in [1.807, 2.05) is 0 Å². The van der Waals surface area contributed by atoms with Gasteiger partial charge < -0.3 is 4.74 Å². The van der Waals surface area contributed by atoms with E-state index in [-0.39, 0.29) is 5.97 Å². The van der Waals surface area contributed by atoms with E-state index in [2.05, 4.69) is 15.9 Å². The standard InChI is InChI=1S/C8H11BrO2/c1-3-11-8(10)7(2)5-4-6-9/h4-6H,3H2,1-2H3/b6-4-,7-5+. The Morgan fingerprint density at radius 2 is 2.27 bits per heavy atom. The van der Waals surface area contributed by atoms with E-state index in [9.17, 15) is 4.79 Å². The minimum atomic E-state index is -0.266. The van der Waals surface area contributed by atoms with Crippen LogP contribution in [0.4, 0.5) is 0 Å². The van der Waals surface area contributed by atoms with Gasteiger partial charge in [0.2, 0.25) is 0 Å². The molecule has 0 amide bonds. The van der Waals surface area contributed by atoms with Crippen molar-refractivity contribution < 1.29 is 9.53 Å². The first kappa shape index (κ1) is 10.4. The molecule has 0 aromatic heterocycles. The van der Waals surface area contributed by atoms with Crippen molar-refractivity contribution in [2.75, 3.05) is 6.61 Å². The molecule has 0 saturated heterocycles. The van der Waals surface area contributed by atoms with Crippen LogP contribution in [-0.4, -0.2) is 12.6 Å². The minimum Gasteiger partial charge on any atom is -0.463 e. The number of carbonyl (C=O) groups excluding carboxylic acids is 1. The predicted molar refractivity (Wildman–Crippen MR) is 48.5 cm³/mol. The quantitative estimate of drug-likeness (QED) is 0.414. The molecule has 0 rings (SSSR count). The normalized spacial score (nSPS) is 12.1. The second-order valence-corrected chi connectivity index (χ2v) is 2.42. The largest absolute Gasteiger partial charge is 0.463 e. The first-order chi connectivity index (χ1) is 5.22. The van der Waals surface area contributed by atoms with E-state index in [0.29, 0.717) is 12.2 Å². The molecule has 62 valence electrons. The molecule has 0 atom stereocenters. The summed E-state index contributed by atoms with van der Waals surface area (Å²) in [6.45, 7) is 3.92. The first-order valence-electron chi connectivity index (χ1n) is 3.33. The third-order valence-corrected chi connectivity index (χ3v) is 1.32. The highest BCUT2D eigenvalue weighted by Gasteiger charge is 2.01. The van der Waals surface area contributed by atoms with Crippen molar-refractivity contribution in [1.29, 1.82) is 0 Å². The third-order valence-electron chi connectivity index (χ3n) is 1.02. The van der Waals surface area contributed by atoms with Gasteiger partial charge in [-0.3, -0.25) is 0 Å². The summed E-state index contributed by atoms with van der Waals surface area (Å²) in [5.74, 6) is -0.266. The zero-order chi connectivity index (χ0) is 8.69. The Bertz CT molecular complexity index is 183. The van der Waals surface area contributed by atoms with Gasteiger partial charge in [0, 0.05) is 5.57 Å². The molecule has 0 fully saturated rings. The number of allylic oxidation sites excluding steroid dienone is 2. The lowest BCUT2D eigenvalue weighted by Crippen LogP contribution is -2.04. The van der Waals surface area contributed by atoms with E-state index in [1.165, 1.54) is 0 Å². The van der Waals surface area contributed by atoms with Crippen LogP contribution in [0.15, 0.2) is 22.7 Å². The Hall–Kier alpha value is -0.570. The first-order valence-corrected chi connectivity index (χ1v) is 4.24. The molecule has 0 radical (unpaired) electrons. The van der Waals surface area contributed by atoms with Crippen molar-refractivity contribution in [3.05, 3.63) is 22.7 Å². The van der Waals surface area contributed by atoms with Gasteiger partial charge in [0.15, 0.2) is 0 Å². The summed E-state index contributed by atoms with van der Waals surface area (Å²) in [7, 11) is 0. The summed E-state index contributed by atoms with van der Waals surface area (Å²) in [5, 5.41) is 0. The van der Waals surface area contributed by atoms with Crippen molar-refractivity contribution >= 4 is 21.9 Å². The van der Waals surface area contributed by atoms with E-state index < -0.39 is 0 Å². The molecule has 0 aliphatic rings. The molecular weight excluding hydrogens is 208 g/mol. The van der Waals surface area contributed by atoms with Crippen molar-refractivity contribution in [3.8, 4) is 0 Å². The van der Waals surface area contributed by atoms with Gasteiger partial charge in [-0.05, 0) is 18.8 Å².